The number of halogens is 1. The van der Waals surface area contributed by atoms with Crippen LogP contribution in [0.4, 0.5) is 11.4 Å². The van der Waals surface area contributed by atoms with E-state index in [-0.39, 0.29) is 6.04 Å². The molecule has 0 amide bonds. The molecule has 3 heteroatoms. The van der Waals surface area contributed by atoms with E-state index in [0.717, 1.165) is 16.5 Å². The zero-order valence-corrected chi connectivity index (χ0v) is 13.4. The van der Waals surface area contributed by atoms with Crippen LogP contribution in [-0.4, -0.2) is 6.04 Å². The Bertz CT molecular complexity index is 637. The topological polar surface area (TPSA) is 29.3 Å². The number of nitrogens with zero attached hydrogens (tertiary/aromatic N) is 1. The molecule has 2 N–H and O–H groups in total. The van der Waals surface area contributed by atoms with Gasteiger partial charge in [0.15, 0.2) is 0 Å². The molecule has 0 spiro atoms. The third-order valence-electron chi connectivity index (χ3n) is 3.96. The second-order valence-electron chi connectivity index (χ2n) is 5.55. The normalized spacial score (nSPS) is 19.0. The minimum atomic E-state index is 0.0433. The molecule has 1 aliphatic heterocycles. The quantitative estimate of drug-likeness (QED) is 0.875. The van der Waals surface area contributed by atoms with Crippen molar-refractivity contribution in [2.75, 3.05) is 4.90 Å². The molecule has 1 aliphatic rings. The smallest absolute Gasteiger partial charge is 0.0446 e. The van der Waals surface area contributed by atoms with Crippen LogP contribution in [0, 0.1) is 0 Å². The third kappa shape index (κ3) is 2.25. The summed E-state index contributed by atoms with van der Waals surface area (Å²) >= 11 is 3.65. The van der Waals surface area contributed by atoms with Gasteiger partial charge in [-0.3, -0.25) is 0 Å². The molecule has 2 aromatic carbocycles. The highest BCUT2D eigenvalue weighted by molar-refractivity contribution is 9.10. The fourth-order valence-electron chi connectivity index (χ4n) is 2.99. The van der Waals surface area contributed by atoms with E-state index in [9.17, 15) is 0 Å². The minimum Gasteiger partial charge on any atom is -0.338 e. The highest BCUT2D eigenvalue weighted by atomic mass is 79.9. The van der Waals surface area contributed by atoms with Gasteiger partial charge < -0.3 is 10.6 Å². The molecular weight excluding hydrogens is 312 g/mol. The Hall–Kier alpha value is -1.32. The van der Waals surface area contributed by atoms with E-state index in [4.69, 9.17) is 5.73 Å². The van der Waals surface area contributed by atoms with Crippen molar-refractivity contribution in [3.05, 3.63) is 58.1 Å². The summed E-state index contributed by atoms with van der Waals surface area (Å²) in [5.74, 6) is 0. The van der Waals surface area contributed by atoms with Crippen LogP contribution in [0.1, 0.15) is 31.0 Å². The standard InChI is InChI=1S/C17H19BrN2/c1-11-9-13-5-3-4-6-17(13)20(11)14-7-8-15(12(2)19)16(18)10-14/h3-8,10-12H,9,19H2,1-2H3. The van der Waals surface area contributed by atoms with Crippen LogP contribution >= 0.6 is 15.9 Å². The van der Waals surface area contributed by atoms with Crippen molar-refractivity contribution in [1.82, 2.24) is 0 Å². The van der Waals surface area contributed by atoms with E-state index in [1.807, 2.05) is 6.92 Å². The molecule has 0 saturated carbocycles. The Balaban J connectivity index is 2.03. The van der Waals surface area contributed by atoms with Crippen LogP contribution in [0.15, 0.2) is 46.9 Å². The van der Waals surface area contributed by atoms with Crippen LogP contribution in [0.2, 0.25) is 0 Å². The molecular formula is C17H19BrN2. The average molecular weight is 331 g/mol. The first kappa shape index (κ1) is 13.7. The summed E-state index contributed by atoms with van der Waals surface area (Å²) in [6.07, 6.45) is 1.10. The van der Waals surface area contributed by atoms with Gasteiger partial charge in [0.05, 0.1) is 0 Å². The van der Waals surface area contributed by atoms with Gasteiger partial charge in [-0.15, -0.1) is 0 Å². The molecule has 0 aromatic heterocycles. The molecule has 0 fully saturated rings. The SMILES string of the molecule is CC(N)c1ccc(N2c3ccccc3CC2C)cc1Br. The van der Waals surface area contributed by atoms with Crippen molar-refractivity contribution in [1.29, 1.82) is 0 Å². The summed E-state index contributed by atoms with van der Waals surface area (Å²) < 4.78 is 1.08. The second-order valence-corrected chi connectivity index (χ2v) is 6.40. The first-order valence-corrected chi connectivity index (χ1v) is 7.79. The Morgan fingerprint density at radius 1 is 1.25 bits per heavy atom. The number of anilines is 2. The van der Waals surface area contributed by atoms with E-state index in [1.165, 1.54) is 16.9 Å². The molecule has 0 bridgehead atoms. The van der Waals surface area contributed by atoms with E-state index in [1.54, 1.807) is 0 Å². The van der Waals surface area contributed by atoms with E-state index in [0.29, 0.717) is 6.04 Å². The van der Waals surface area contributed by atoms with Crippen molar-refractivity contribution in [2.45, 2.75) is 32.4 Å². The fourth-order valence-corrected chi connectivity index (χ4v) is 3.72. The maximum Gasteiger partial charge on any atom is 0.0446 e. The molecule has 2 nitrogen and oxygen atoms in total. The number of fused-ring (bicyclic) bond motifs is 1. The number of hydrogen-bond donors (Lipinski definition) is 1. The summed E-state index contributed by atoms with van der Waals surface area (Å²) in [4.78, 5) is 2.41. The van der Waals surface area contributed by atoms with Crippen LogP contribution in [0.25, 0.3) is 0 Å². The molecule has 0 aliphatic carbocycles. The van der Waals surface area contributed by atoms with Crippen molar-refractivity contribution < 1.29 is 0 Å². The maximum absolute atomic E-state index is 5.98. The molecule has 3 rings (SSSR count). The van der Waals surface area contributed by atoms with Gasteiger partial charge in [0, 0.05) is 27.9 Å². The third-order valence-corrected chi connectivity index (χ3v) is 4.65. The molecule has 0 radical (unpaired) electrons. The van der Waals surface area contributed by atoms with Gasteiger partial charge in [-0.05, 0) is 49.6 Å². The van der Waals surface area contributed by atoms with Gasteiger partial charge in [0.2, 0.25) is 0 Å². The summed E-state index contributed by atoms with van der Waals surface area (Å²) in [5.41, 5.74) is 11.1. The minimum absolute atomic E-state index is 0.0433. The highest BCUT2D eigenvalue weighted by Crippen LogP contribution is 2.39. The lowest BCUT2D eigenvalue weighted by molar-refractivity contribution is 0.757. The van der Waals surface area contributed by atoms with Crippen molar-refractivity contribution in [3.8, 4) is 0 Å². The zero-order chi connectivity index (χ0) is 14.3. The summed E-state index contributed by atoms with van der Waals surface area (Å²) in [6.45, 7) is 4.28. The number of hydrogen-bond acceptors (Lipinski definition) is 2. The van der Waals surface area contributed by atoms with Gasteiger partial charge in [0.1, 0.15) is 0 Å². The van der Waals surface area contributed by atoms with Crippen LogP contribution < -0.4 is 10.6 Å². The van der Waals surface area contributed by atoms with Gasteiger partial charge in [0.25, 0.3) is 0 Å². The summed E-state index contributed by atoms with van der Waals surface area (Å²) in [5, 5.41) is 0. The molecule has 2 aromatic rings. The molecule has 1 heterocycles. The molecule has 104 valence electrons. The van der Waals surface area contributed by atoms with Crippen molar-refractivity contribution >= 4 is 27.3 Å². The van der Waals surface area contributed by atoms with E-state index >= 15 is 0 Å². The number of para-hydroxylation sites is 1. The Labute approximate surface area is 128 Å². The molecule has 2 unspecified atom stereocenters. The highest BCUT2D eigenvalue weighted by Gasteiger charge is 2.27. The number of benzene rings is 2. The van der Waals surface area contributed by atoms with E-state index in [2.05, 4.69) is 70.2 Å². The lowest BCUT2D eigenvalue weighted by Gasteiger charge is -2.26. The van der Waals surface area contributed by atoms with Gasteiger partial charge in [-0.25, -0.2) is 0 Å². The number of rotatable bonds is 2. The second kappa shape index (κ2) is 5.23. The Morgan fingerprint density at radius 3 is 2.70 bits per heavy atom. The lowest BCUT2D eigenvalue weighted by atomic mass is 10.1. The lowest BCUT2D eigenvalue weighted by Crippen LogP contribution is -2.24. The van der Waals surface area contributed by atoms with Gasteiger partial charge >= 0.3 is 0 Å². The number of nitrogens with two attached hydrogens (primary N) is 1. The van der Waals surface area contributed by atoms with Crippen LogP contribution in [0.3, 0.4) is 0 Å². The Kier molecular flexibility index (Phi) is 3.57. The Morgan fingerprint density at radius 2 is 2.00 bits per heavy atom. The fraction of sp³-hybridized carbons (Fsp3) is 0.294. The zero-order valence-electron chi connectivity index (χ0n) is 11.8. The predicted octanol–water partition coefficient (Wildman–Crippen LogP) is 4.55. The van der Waals surface area contributed by atoms with Gasteiger partial charge in [-0.2, -0.15) is 0 Å². The predicted molar refractivity (Wildman–Crippen MR) is 88.5 cm³/mol. The van der Waals surface area contributed by atoms with Crippen molar-refractivity contribution in [2.24, 2.45) is 5.73 Å². The van der Waals surface area contributed by atoms with Crippen LogP contribution in [-0.2, 0) is 6.42 Å². The first-order chi connectivity index (χ1) is 9.58. The molecule has 2 atom stereocenters. The first-order valence-electron chi connectivity index (χ1n) is 7.00. The van der Waals surface area contributed by atoms with Gasteiger partial charge in [-0.1, -0.05) is 40.2 Å². The average Bonchev–Trinajstić information content (AvgIpc) is 2.73. The maximum atomic E-state index is 5.98. The monoisotopic (exact) mass is 330 g/mol. The largest absolute Gasteiger partial charge is 0.338 e. The summed E-state index contributed by atoms with van der Waals surface area (Å²) in [6, 6.07) is 15.6. The van der Waals surface area contributed by atoms with E-state index < -0.39 is 0 Å². The van der Waals surface area contributed by atoms with Crippen molar-refractivity contribution in [3.63, 3.8) is 0 Å². The molecule has 0 saturated heterocycles. The summed E-state index contributed by atoms with van der Waals surface area (Å²) in [7, 11) is 0. The molecule has 20 heavy (non-hydrogen) atoms. The van der Waals surface area contributed by atoms with Crippen LogP contribution in [0.5, 0.6) is 0 Å².